The topological polar surface area (TPSA) is 119 Å². The number of nitriles is 1. The molecule has 0 aliphatic carbocycles. The lowest BCUT2D eigenvalue weighted by atomic mass is 10.0. The fourth-order valence-electron chi connectivity index (χ4n) is 2.39. The number of carboxylic acid groups (broad SMARTS) is 1. The van der Waals surface area contributed by atoms with Gasteiger partial charge in [0.25, 0.3) is 0 Å². The maximum atomic E-state index is 12.4. The molecule has 0 spiro atoms. The van der Waals surface area contributed by atoms with Gasteiger partial charge in [0.15, 0.2) is 0 Å². The standard InChI is InChI=1S/C18H23N3O4/c1-13(22)20-16(12-14-8-4-2-5-9-14)17(23)21-15(18(24)25)10-6-3-7-11-19/h2,4-5,8-9,15-16H,3,6-7,10,12H2,1H3,(H,20,22)(H,21,23)(H,24,25)/t15-,16+/m1/s1. The van der Waals surface area contributed by atoms with Crippen molar-refractivity contribution in [2.75, 3.05) is 0 Å². The van der Waals surface area contributed by atoms with Gasteiger partial charge in [-0.2, -0.15) is 5.26 Å². The molecule has 1 aromatic rings. The molecule has 2 atom stereocenters. The molecule has 0 aliphatic heterocycles. The van der Waals surface area contributed by atoms with Crippen molar-refractivity contribution in [3.8, 4) is 6.07 Å². The number of rotatable bonds is 10. The van der Waals surface area contributed by atoms with Gasteiger partial charge in [0.05, 0.1) is 6.07 Å². The predicted molar refractivity (Wildman–Crippen MR) is 91.4 cm³/mol. The molecule has 134 valence electrons. The van der Waals surface area contributed by atoms with E-state index in [4.69, 9.17) is 5.26 Å². The molecular weight excluding hydrogens is 322 g/mol. The number of nitrogens with zero attached hydrogens (tertiary/aromatic N) is 1. The molecule has 0 saturated carbocycles. The van der Waals surface area contributed by atoms with E-state index in [9.17, 15) is 19.5 Å². The molecule has 7 nitrogen and oxygen atoms in total. The predicted octanol–water partition coefficient (Wildman–Crippen LogP) is 1.39. The van der Waals surface area contributed by atoms with Gasteiger partial charge in [0, 0.05) is 19.8 Å². The number of nitrogens with one attached hydrogen (secondary N) is 2. The van der Waals surface area contributed by atoms with E-state index in [-0.39, 0.29) is 18.7 Å². The van der Waals surface area contributed by atoms with Crippen molar-refractivity contribution in [3.63, 3.8) is 0 Å². The lowest BCUT2D eigenvalue weighted by Crippen LogP contribution is -2.52. The second-order valence-electron chi connectivity index (χ2n) is 5.75. The molecule has 0 saturated heterocycles. The molecule has 0 bridgehead atoms. The summed E-state index contributed by atoms with van der Waals surface area (Å²) in [6.07, 6.45) is 1.96. The van der Waals surface area contributed by atoms with Crippen molar-refractivity contribution in [2.24, 2.45) is 0 Å². The molecule has 7 heteroatoms. The number of carbonyl (C=O) groups excluding carboxylic acids is 2. The van der Waals surface area contributed by atoms with Gasteiger partial charge in [0.2, 0.25) is 11.8 Å². The zero-order valence-electron chi connectivity index (χ0n) is 14.2. The Hall–Kier alpha value is -2.88. The van der Waals surface area contributed by atoms with E-state index in [1.165, 1.54) is 6.92 Å². The number of hydrogen-bond donors (Lipinski definition) is 3. The number of carboxylic acids is 1. The lowest BCUT2D eigenvalue weighted by Gasteiger charge is -2.21. The van der Waals surface area contributed by atoms with Crippen molar-refractivity contribution in [2.45, 2.75) is 51.1 Å². The zero-order chi connectivity index (χ0) is 18.7. The van der Waals surface area contributed by atoms with E-state index in [2.05, 4.69) is 10.6 Å². The smallest absolute Gasteiger partial charge is 0.326 e. The van der Waals surface area contributed by atoms with Crippen LogP contribution in [0.3, 0.4) is 0 Å². The molecule has 0 radical (unpaired) electrons. The summed E-state index contributed by atoms with van der Waals surface area (Å²) in [5, 5.41) is 22.8. The van der Waals surface area contributed by atoms with E-state index >= 15 is 0 Å². The van der Waals surface area contributed by atoms with Gasteiger partial charge in [-0.3, -0.25) is 9.59 Å². The Balaban J connectivity index is 2.72. The van der Waals surface area contributed by atoms with Gasteiger partial charge >= 0.3 is 5.97 Å². The molecule has 3 N–H and O–H groups in total. The summed E-state index contributed by atoms with van der Waals surface area (Å²) < 4.78 is 0. The average Bonchev–Trinajstić information content (AvgIpc) is 2.57. The highest BCUT2D eigenvalue weighted by Crippen LogP contribution is 2.07. The fourth-order valence-corrected chi connectivity index (χ4v) is 2.39. The maximum Gasteiger partial charge on any atom is 0.326 e. The monoisotopic (exact) mass is 345 g/mol. The second kappa shape index (κ2) is 10.8. The second-order valence-corrected chi connectivity index (χ2v) is 5.75. The van der Waals surface area contributed by atoms with Crippen LogP contribution in [0.2, 0.25) is 0 Å². The quantitative estimate of drug-likeness (QED) is 0.554. The van der Waals surface area contributed by atoms with Gasteiger partial charge in [0.1, 0.15) is 12.1 Å². The van der Waals surface area contributed by atoms with E-state index in [1.54, 1.807) is 0 Å². The maximum absolute atomic E-state index is 12.4. The molecule has 0 aromatic heterocycles. The summed E-state index contributed by atoms with van der Waals surface area (Å²) in [6, 6.07) is 9.27. The van der Waals surface area contributed by atoms with Crippen molar-refractivity contribution in [1.82, 2.24) is 10.6 Å². The van der Waals surface area contributed by atoms with Crippen LogP contribution in [0.1, 0.15) is 38.2 Å². The number of benzene rings is 1. The highest BCUT2D eigenvalue weighted by atomic mass is 16.4. The summed E-state index contributed by atoms with van der Waals surface area (Å²) in [6.45, 7) is 1.31. The zero-order valence-corrected chi connectivity index (χ0v) is 14.2. The Labute approximate surface area is 147 Å². The summed E-state index contributed by atoms with van der Waals surface area (Å²) in [7, 11) is 0. The van der Waals surface area contributed by atoms with Crippen LogP contribution in [-0.4, -0.2) is 35.0 Å². The molecule has 0 heterocycles. The van der Waals surface area contributed by atoms with Crippen LogP contribution in [0.5, 0.6) is 0 Å². The van der Waals surface area contributed by atoms with Crippen LogP contribution in [0.25, 0.3) is 0 Å². The van der Waals surface area contributed by atoms with Gasteiger partial charge in [-0.25, -0.2) is 4.79 Å². The van der Waals surface area contributed by atoms with Gasteiger partial charge < -0.3 is 15.7 Å². The Morgan fingerprint density at radius 3 is 2.36 bits per heavy atom. The van der Waals surface area contributed by atoms with E-state index in [0.29, 0.717) is 19.3 Å². The number of aliphatic carboxylic acids is 1. The number of amides is 2. The Morgan fingerprint density at radius 2 is 1.80 bits per heavy atom. The lowest BCUT2D eigenvalue weighted by molar-refractivity contribution is -0.142. The van der Waals surface area contributed by atoms with Crippen molar-refractivity contribution in [3.05, 3.63) is 35.9 Å². The normalized spacial score (nSPS) is 12.5. The Morgan fingerprint density at radius 1 is 1.12 bits per heavy atom. The number of unbranched alkanes of at least 4 members (excludes halogenated alkanes) is 2. The van der Waals surface area contributed by atoms with Gasteiger partial charge in [-0.1, -0.05) is 30.3 Å². The molecule has 2 amide bonds. The minimum atomic E-state index is -1.13. The Kier molecular flexibility index (Phi) is 8.72. The first-order valence-electron chi connectivity index (χ1n) is 8.15. The first-order valence-corrected chi connectivity index (χ1v) is 8.15. The highest BCUT2D eigenvalue weighted by Gasteiger charge is 2.25. The third kappa shape index (κ3) is 7.97. The van der Waals surface area contributed by atoms with E-state index in [1.807, 2.05) is 36.4 Å². The number of hydrogen-bond acceptors (Lipinski definition) is 4. The molecule has 1 rings (SSSR count). The summed E-state index contributed by atoms with van der Waals surface area (Å²) in [5.74, 6) is -2.03. The summed E-state index contributed by atoms with van der Waals surface area (Å²) in [5.41, 5.74) is 0.859. The molecular formula is C18H23N3O4. The first kappa shape index (κ1) is 20.2. The van der Waals surface area contributed by atoms with Crippen LogP contribution in [0.15, 0.2) is 30.3 Å². The third-order valence-electron chi connectivity index (χ3n) is 3.62. The van der Waals surface area contributed by atoms with Crippen LogP contribution < -0.4 is 10.6 Å². The van der Waals surface area contributed by atoms with E-state index in [0.717, 1.165) is 5.56 Å². The number of carbonyl (C=O) groups is 3. The largest absolute Gasteiger partial charge is 0.480 e. The molecule has 25 heavy (non-hydrogen) atoms. The Bertz CT molecular complexity index is 625. The van der Waals surface area contributed by atoms with E-state index < -0.39 is 24.0 Å². The average molecular weight is 345 g/mol. The van der Waals surface area contributed by atoms with Crippen molar-refractivity contribution >= 4 is 17.8 Å². The molecule has 1 aromatic carbocycles. The fraction of sp³-hybridized carbons (Fsp3) is 0.444. The van der Waals surface area contributed by atoms with Gasteiger partial charge in [-0.05, 0) is 24.8 Å². The van der Waals surface area contributed by atoms with Crippen LogP contribution in [-0.2, 0) is 20.8 Å². The van der Waals surface area contributed by atoms with Gasteiger partial charge in [-0.15, -0.1) is 0 Å². The van der Waals surface area contributed by atoms with Crippen LogP contribution >= 0.6 is 0 Å². The summed E-state index contributed by atoms with van der Waals surface area (Å²) >= 11 is 0. The van der Waals surface area contributed by atoms with Crippen LogP contribution in [0.4, 0.5) is 0 Å². The third-order valence-corrected chi connectivity index (χ3v) is 3.62. The highest BCUT2D eigenvalue weighted by molar-refractivity contribution is 5.90. The minimum absolute atomic E-state index is 0.237. The molecule has 0 unspecified atom stereocenters. The van der Waals surface area contributed by atoms with Crippen molar-refractivity contribution < 1.29 is 19.5 Å². The van der Waals surface area contributed by atoms with Crippen molar-refractivity contribution in [1.29, 1.82) is 5.26 Å². The minimum Gasteiger partial charge on any atom is -0.480 e. The SMILES string of the molecule is CC(=O)N[C@@H](Cc1ccccc1)C(=O)N[C@H](CCCCC#N)C(=O)O. The molecule has 0 fully saturated rings. The summed E-state index contributed by atoms with van der Waals surface area (Å²) in [4.78, 5) is 35.2. The first-order chi connectivity index (χ1) is 11.9. The van der Waals surface area contributed by atoms with Crippen LogP contribution in [0, 0.1) is 11.3 Å². The molecule has 0 aliphatic rings.